The summed E-state index contributed by atoms with van der Waals surface area (Å²) in [5.74, 6) is 2.01. The molecule has 1 aromatic carbocycles. The summed E-state index contributed by atoms with van der Waals surface area (Å²) < 4.78 is 5.29. The fourth-order valence-electron chi connectivity index (χ4n) is 1.92. The molecule has 20 heavy (non-hydrogen) atoms. The monoisotopic (exact) mass is 273 g/mol. The molecule has 1 heterocycles. The molecule has 0 saturated heterocycles. The maximum Gasteiger partial charge on any atom is 0.249 e. The first-order valence-corrected chi connectivity index (χ1v) is 6.63. The molecular formula is C14H19N5O. The highest BCUT2D eigenvalue weighted by Gasteiger charge is 2.08. The van der Waals surface area contributed by atoms with Gasteiger partial charge in [-0.2, -0.15) is 10.1 Å². The van der Waals surface area contributed by atoms with Crippen molar-refractivity contribution < 1.29 is 4.74 Å². The minimum absolute atomic E-state index is 0.457. The van der Waals surface area contributed by atoms with E-state index in [1.807, 2.05) is 24.3 Å². The third-order valence-corrected chi connectivity index (χ3v) is 2.99. The molecule has 0 radical (unpaired) electrons. The Kier molecular flexibility index (Phi) is 4.70. The molecule has 0 aliphatic rings. The smallest absolute Gasteiger partial charge is 0.249 e. The number of nitrogens with zero attached hydrogens (tertiary/aromatic N) is 4. The number of para-hydroxylation sites is 2. The van der Waals surface area contributed by atoms with E-state index < -0.39 is 0 Å². The largest absolute Gasteiger partial charge is 0.495 e. The fraction of sp³-hybridized carbons (Fsp3) is 0.357. The summed E-state index contributed by atoms with van der Waals surface area (Å²) in [5, 5.41) is 11.1. The molecule has 2 aromatic rings. The molecule has 0 aliphatic carbocycles. The van der Waals surface area contributed by atoms with Gasteiger partial charge in [0.2, 0.25) is 5.95 Å². The Morgan fingerprint density at radius 3 is 2.65 bits per heavy atom. The summed E-state index contributed by atoms with van der Waals surface area (Å²) in [4.78, 5) is 6.58. The van der Waals surface area contributed by atoms with Gasteiger partial charge >= 0.3 is 0 Å². The Hall–Kier alpha value is -2.37. The summed E-state index contributed by atoms with van der Waals surface area (Å²) in [6, 6.07) is 7.62. The van der Waals surface area contributed by atoms with E-state index in [2.05, 4.69) is 39.2 Å². The van der Waals surface area contributed by atoms with E-state index in [1.54, 1.807) is 13.3 Å². The van der Waals surface area contributed by atoms with Gasteiger partial charge in [0.25, 0.3) is 0 Å². The normalized spacial score (nSPS) is 10.2. The minimum Gasteiger partial charge on any atom is -0.495 e. The number of aromatic nitrogens is 3. The second-order valence-electron chi connectivity index (χ2n) is 4.14. The maximum atomic E-state index is 5.29. The van der Waals surface area contributed by atoms with E-state index in [0.717, 1.165) is 30.3 Å². The van der Waals surface area contributed by atoms with Gasteiger partial charge in [-0.25, -0.2) is 0 Å². The van der Waals surface area contributed by atoms with Crippen molar-refractivity contribution in [3.63, 3.8) is 0 Å². The van der Waals surface area contributed by atoms with Crippen LogP contribution in [0.25, 0.3) is 0 Å². The molecule has 1 aromatic heterocycles. The zero-order valence-corrected chi connectivity index (χ0v) is 12.0. The lowest BCUT2D eigenvalue weighted by Gasteiger charge is -2.19. The molecule has 1 N–H and O–H groups in total. The molecule has 0 fully saturated rings. The number of hydrogen-bond donors (Lipinski definition) is 1. The Balaban J connectivity index is 2.23. The van der Waals surface area contributed by atoms with Gasteiger partial charge in [0.15, 0.2) is 5.82 Å². The van der Waals surface area contributed by atoms with Crippen LogP contribution >= 0.6 is 0 Å². The number of methoxy groups -OCH3 is 1. The third-order valence-electron chi connectivity index (χ3n) is 2.99. The first kappa shape index (κ1) is 14.0. The van der Waals surface area contributed by atoms with Crippen molar-refractivity contribution in [3.05, 3.63) is 30.5 Å². The van der Waals surface area contributed by atoms with E-state index in [1.165, 1.54) is 0 Å². The van der Waals surface area contributed by atoms with E-state index in [0.29, 0.717) is 5.95 Å². The lowest BCUT2D eigenvalue weighted by atomic mass is 10.3. The molecule has 0 aliphatic heterocycles. The summed E-state index contributed by atoms with van der Waals surface area (Å²) in [7, 11) is 1.63. The van der Waals surface area contributed by atoms with Crippen LogP contribution in [0, 0.1) is 0 Å². The molecule has 0 amide bonds. The number of ether oxygens (including phenoxy) is 1. The summed E-state index contributed by atoms with van der Waals surface area (Å²) in [6.45, 7) is 5.92. The highest BCUT2D eigenvalue weighted by molar-refractivity contribution is 5.62. The Morgan fingerprint density at radius 1 is 1.20 bits per heavy atom. The summed E-state index contributed by atoms with van der Waals surface area (Å²) >= 11 is 0. The molecule has 2 rings (SSSR count). The van der Waals surface area contributed by atoms with Crippen molar-refractivity contribution in [3.8, 4) is 5.75 Å². The van der Waals surface area contributed by atoms with Gasteiger partial charge in [-0.3, -0.25) is 0 Å². The molecule has 6 heteroatoms. The number of anilines is 3. The quantitative estimate of drug-likeness (QED) is 0.872. The van der Waals surface area contributed by atoms with E-state index in [4.69, 9.17) is 4.74 Å². The van der Waals surface area contributed by atoms with Crippen LogP contribution in [0.4, 0.5) is 17.5 Å². The van der Waals surface area contributed by atoms with Crippen molar-refractivity contribution in [2.45, 2.75) is 13.8 Å². The molecule has 6 nitrogen and oxygen atoms in total. The highest BCUT2D eigenvalue weighted by atomic mass is 16.5. The van der Waals surface area contributed by atoms with Crippen molar-refractivity contribution in [1.29, 1.82) is 0 Å². The van der Waals surface area contributed by atoms with Crippen molar-refractivity contribution >= 4 is 17.5 Å². The Labute approximate surface area is 118 Å². The van der Waals surface area contributed by atoms with Crippen LogP contribution in [-0.2, 0) is 0 Å². The molecule has 0 atom stereocenters. The Morgan fingerprint density at radius 2 is 1.95 bits per heavy atom. The second-order valence-corrected chi connectivity index (χ2v) is 4.14. The minimum atomic E-state index is 0.457. The van der Waals surface area contributed by atoms with Gasteiger partial charge in [0, 0.05) is 13.1 Å². The van der Waals surface area contributed by atoms with Crippen LogP contribution in [0.5, 0.6) is 5.75 Å². The zero-order valence-electron chi connectivity index (χ0n) is 12.0. The number of hydrogen-bond acceptors (Lipinski definition) is 6. The Bertz CT molecular complexity index is 557. The average molecular weight is 273 g/mol. The van der Waals surface area contributed by atoms with Crippen molar-refractivity contribution in [2.75, 3.05) is 30.4 Å². The van der Waals surface area contributed by atoms with Crippen LogP contribution < -0.4 is 15.0 Å². The standard InChI is InChI=1S/C14H19N5O/c1-4-19(5-2)13-10-15-18-14(17-13)16-11-8-6-7-9-12(11)20-3/h6-10H,4-5H2,1-3H3,(H,16,17,18). The van der Waals surface area contributed by atoms with Gasteiger partial charge in [-0.05, 0) is 26.0 Å². The molecular weight excluding hydrogens is 254 g/mol. The van der Waals surface area contributed by atoms with Gasteiger partial charge in [-0.15, -0.1) is 5.10 Å². The topological polar surface area (TPSA) is 63.2 Å². The fourth-order valence-corrected chi connectivity index (χ4v) is 1.92. The lowest BCUT2D eigenvalue weighted by Crippen LogP contribution is -2.23. The molecule has 0 saturated carbocycles. The van der Waals surface area contributed by atoms with E-state index >= 15 is 0 Å². The summed E-state index contributed by atoms with van der Waals surface area (Å²) in [6.07, 6.45) is 1.67. The second kappa shape index (κ2) is 6.70. The molecule has 106 valence electrons. The van der Waals surface area contributed by atoms with Crippen LogP contribution in [-0.4, -0.2) is 35.4 Å². The molecule has 0 bridgehead atoms. The lowest BCUT2D eigenvalue weighted by molar-refractivity contribution is 0.417. The first-order valence-electron chi connectivity index (χ1n) is 6.63. The van der Waals surface area contributed by atoms with E-state index in [-0.39, 0.29) is 0 Å². The van der Waals surface area contributed by atoms with Gasteiger partial charge in [0.05, 0.1) is 19.0 Å². The SMILES string of the molecule is CCN(CC)c1cnnc(Nc2ccccc2OC)n1. The predicted molar refractivity (Wildman–Crippen MR) is 79.7 cm³/mol. The van der Waals surface area contributed by atoms with Gasteiger partial charge < -0.3 is 15.0 Å². The predicted octanol–water partition coefficient (Wildman–Crippen LogP) is 2.47. The zero-order chi connectivity index (χ0) is 14.4. The van der Waals surface area contributed by atoms with Crippen LogP contribution in [0.2, 0.25) is 0 Å². The number of nitrogens with one attached hydrogen (secondary N) is 1. The highest BCUT2D eigenvalue weighted by Crippen LogP contribution is 2.25. The number of benzene rings is 1. The van der Waals surface area contributed by atoms with Gasteiger partial charge in [0.1, 0.15) is 5.75 Å². The van der Waals surface area contributed by atoms with Gasteiger partial charge in [-0.1, -0.05) is 12.1 Å². The van der Waals surface area contributed by atoms with Crippen molar-refractivity contribution in [2.24, 2.45) is 0 Å². The van der Waals surface area contributed by atoms with Crippen LogP contribution in [0.3, 0.4) is 0 Å². The van der Waals surface area contributed by atoms with Crippen molar-refractivity contribution in [1.82, 2.24) is 15.2 Å². The first-order chi connectivity index (χ1) is 9.78. The molecule has 0 spiro atoms. The average Bonchev–Trinajstić information content (AvgIpc) is 2.49. The third kappa shape index (κ3) is 3.14. The van der Waals surface area contributed by atoms with Crippen LogP contribution in [0.1, 0.15) is 13.8 Å². The number of rotatable bonds is 6. The van der Waals surface area contributed by atoms with E-state index in [9.17, 15) is 0 Å². The maximum absolute atomic E-state index is 5.29. The summed E-state index contributed by atoms with van der Waals surface area (Å²) in [5.41, 5.74) is 0.813. The molecule has 0 unspecified atom stereocenters. The van der Waals surface area contributed by atoms with Crippen LogP contribution in [0.15, 0.2) is 30.5 Å².